The molecule has 4 nitrogen and oxygen atoms in total. The van der Waals surface area contributed by atoms with Crippen LogP contribution in [0.15, 0.2) is 18.2 Å². The SMILES string of the molecule is CCCNc1nc(-c2cc(O)cc(F)c2)nc2c1CSC2. The summed E-state index contributed by atoms with van der Waals surface area (Å²) in [6.07, 6.45) is 1.00. The van der Waals surface area contributed by atoms with Crippen LogP contribution < -0.4 is 5.32 Å². The van der Waals surface area contributed by atoms with Gasteiger partial charge in [-0.25, -0.2) is 14.4 Å². The Labute approximate surface area is 126 Å². The summed E-state index contributed by atoms with van der Waals surface area (Å²) in [4.78, 5) is 9.05. The summed E-state index contributed by atoms with van der Waals surface area (Å²) < 4.78 is 13.5. The normalized spacial score (nSPS) is 13.2. The van der Waals surface area contributed by atoms with Crippen molar-refractivity contribution in [3.05, 3.63) is 35.3 Å². The first-order valence-electron chi connectivity index (χ1n) is 6.88. The Morgan fingerprint density at radius 2 is 2.14 bits per heavy atom. The zero-order chi connectivity index (χ0) is 14.8. The van der Waals surface area contributed by atoms with Gasteiger partial charge in [-0.3, -0.25) is 0 Å². The van der Waals surface area contributed by atoms with E-state index in [9.17, 15) is 9.50 Å². The third kappa shape index (κ3) is 2.95. The van der Waals surface area contributed by atoms with Crippen molar-refractivity contribution in [1.29, 1.82) is 0 Å². The van der Waals surface area contributed by atoms with Gasteiger partial charge in [-0.05, 0) is 18.6 Å². The number of halogens is 1. The number of aromatic nitrogens is 2. The molecule has 0 unspecified atom stereocenters. The highest BCUT2D eigenvalue weighted by atomic mass is 32.2. The van der Waals surface area contributed by atoms with Crippen LogP contribution >= 0.6 is 11.8 Å². The fraction of sp³-hybridized carbons (Fsp3) is 0.333. The van der Waals surface area contributed by atoms with Crippen molar-refractivity contribution in [2.75, 3.05) is 11.9 Å². The molecule has 0 radical (unpaired) electrons. The Kier molecular flexibility index (Phi) is 3.96. The van der Waals surface area contributed by atoms with Crippen LogP contribution in [0.4, 0.5) is 10.2 Å². The molecular weight excluding hydrogens is 289 g/mol. The predicted molar refractivity (Wildman–Crippen MR) is 82.9 cm³/mol. The summed E-state index contributed by atoms with van der Waals surface area (Å²) in [6.45, 7) is 2.93. The lowest BCUT2D eigenvalue weighted by atomic mass is 10.1. The van der Waals surface area contributed by atoms with Crippen molar-refractivity contribution in [1.82, 2.24) is 9.97 Å². The van der Waals surface area contributed by atoms with Crippen molar-refractivity contribution >= 4 is 17.6 Å². The topological polar surface area (TPSA) is 58.0 Å². The van der Waals surface area contributed by atoms with Crippen molar-refractivity contribution in [3.63, 3.8) is 0 Å². The number of hydrogen-bond acceptors (Lipinski definition) is 5. The van der Waals surface area contributed by atoms with Gasteiger partial charge in [0.1, 0.15) is 17.4 Å². The Hall–Kier alpha value is -1.82. The number of phenols is 1. The van der Waals surface area contributed by atoms with Gasteiger partial charge in [0.05, 0.1) is 5.69 Å². The molecule has 3 rings (SSSR count). The monoisotopic (exact) mass is 305 g/mol. The first kappa shape index (κ1) is 14.1. The Morgan fingerprint density at radius 1 is 1.29 bits per heavy atom. The van der Waals surface area contributed by atoms with E-state index in [1.807, 2.05) is 0 Å². The summed E-state index contributed by atoms with van der Waals surface area (Å²) in [5.74, 6) is 2.40. The molecule has 0 amide bonds. The van der Waals surface area contributed by atoms with Gasteiger partial charge in [-0.15, -0.1) is 0 Å². The first-order valence-corrected chi connectivity index (χ1v) is 8.04. The van der Waals surface area contributed by atoms with Crippen LogP contribution in [-0.2, 0) is 11.5 Å². The second-order valence-electron chi connectivity index (χ2n) is 4.94. The summed E-state index contributed by atoms with van der Waals surface area (Å²) in [5, 5.41) is 12.9. The zero-order valence-electron chi connectivity index (χ0n) is 11.7. The smallest absolute Gasteiger partial charge is 0.162 e. The van der Waals surface area contributed by atoms with Gasteiger partial charge >= 0.3 is 0 Å². The molecule has 0 bridgehead atoms. The molecule has 1 aromatic heterocycles. The van der Waals surface area contributed by atoms with E-state index in [2.05, 4.69) is 22.2 Å². The van der Waals surface area contributed by atoms with Crippen LogP contribution in [0, 0.1) is 5.82 Å². The van der Waals surface area contributed by atoms with Gasteiger partial charge in [0.2, 0.25) is 0 Å². The minimum Gasteiger partial charge on any atom is -0.508 e. The molecule has 0 fully saturated rings. The number of benzene rings is 1. The number of rotatable bonds is 4. The van der Waals surface area contributed by atoms with Crippen molar-refractivity contribution in [3.8, 4) is 17.1 Å². The van der Waals surface area contributed by atoms with E-state index in [0.29, 0.717) is 11.4 Å². The van der Waals surface area contributed by atoms with E-state index in [1.165, 1.54) is 12.1 Å². The largest absolute Gasteiger partial charge is 0.508 e. The van der Waals surface area contributed by atoms with E-state index in [-0.39, 0.29) is 5.75 Å². The molecular formula is C15H16FN3OS. The fourth-order valence-corrected chi connectivity index (χ4v) is 3.31. The lowest BCUT2D eigenvalue weighted by Gasteiger charge is -2.11. The molecule has 2 heterocycles. The van der Waals surface area contributed by atoms with Crippen LogP contribution in [0.25, 0.3) is 11.4 Å². The molecule has 1 aliphatic rings. The maximum Gasteiger partial charge on any atom is 0.162 e. The van der Waals surface area contributed by atoms with Crippen LogP contribution in [-0.4, -0.2) is 21.6 Å². The van der Waals surface area contributed by atoms with Gasteiger partial charge in [0, 0.05) is 35.2 Å². The molecule has 0 atom stereocenters. The van der Waals surface area contributed by atoms with Gasteiger partial charge < -0.3 is 10.4 Å². The third-order valence-corrected chi connectivity index (χ3v) is 4.23. The first-order chi connectivity index (χ1) is 10.2. The molecule has 0 saturated heterocycles. The number of aromatic hydroxyl groups is 1. The van der Waals surface area contributed by atoms with E-state index in [1.54, 1.807) is 11.8 Å². The Bertz CT molecular complexity index is 658. The number of nitrogens with zero attached hydrogens (tertiary/aromatic N) is 2. The summed E-state index contributed by atoms with van der Waals surface area (Å²) >= 11 is 1.79. The summed E-state index contributed by atoms with van der Waals surface area (Å²) in [6, 6.07) is 3.90. The molecule has 0 aliphatic carbocycles. The average molecular weight is 305 g/mol. The second kappa shape index (κ2) is 5.89. The molecule has 6 heteroatoms. The number of hydrogen-bond donors (Lipinski definition) is 2. The quantitative estimate of drug-likeness (QED) is 0.904. The van der Waals surface area contributed by atoms with E-state index < -0.39 is 5.82 Å². The fourth-order valence-electron chi connectivity index (χ4n) is 2.27. The average Bonchev–Trinajstić information content (AvgIpc) is 2.92. The molecule has 0 spiro atoms. The van der Waals surface area contributed by atoms with Gasteiger partial charge in [-0.1, -0.05) is 6.92 Å². The molecule has 1 aromatic carbocycles. The number of fused-ring (bicyclic) bond motifs is 1. The molecule has 2 N–H and O–H groups in total. The van der Waals surface area contributed by atoms with Crippen molar-refractivity contribution < 1.29 is 9.50 Å². The highest BCUT2D eigenvalue weighted by Crippen LogP contribution is 2.35. The summed E-state index contributed by atoms with van der Waals surface area (Å²) in [7, 11) is 0. The Morgan fingerprint density at radius 3 is 2.90 bits per heavy atom. The number of nitrogens with one attached hydrogen (secondary N) is 1. The maximum atomic E-state index is 13.5. The Balaban J connectivity index is 2.06. The summed E-state index contributed by atoms with van der Waals surface area (Å²) in [5.41, 5.74) is 2.62. The van der Waals surface area contributed by atoms with Gasteiger partial charge in [0.15, 0.2) is 5.82 Å². The van der Waals surface area contributed by atoms with E-state index in [0.717, 1.165) is 47.6 Å². The lowest BCUT2D eigenvalue weighted by Crippen LogP contribution is -2.08. The van der Waals surface area contributed by atoms with Crippen LogP contribution in [0.2, 0.25) is 0 Å². The van der Waals surface area contributed by atoms with E-state index >= 15 is 0 Å². The standard InChI is InChI=1S/C15H16FN3OS/c1-2-3-17-15-12-7-21-8-13(12)18-14(19-15)9-4-10(16)6-11(20)5-9/h4-6,20H,2-3,7-8H2,1H3,(H,17,18,19). The number of anilines is 1. The minimum atomic E-state index is -0.494. The number of phenolic OH excluding ortho intramolecular Hbond substituents is 1. The van der Waals surface area contributed by atoms with Gasteiger partial charge in [0.25, 0.3) is 0 Å². The van der Waals surface area contributed by atoms with Crippen LogP contribution in [0.5, 0.6) is 5.75 Å². The minimum absolute atomic E-state index is 0.119. The van der Waals surface area contributed by atoms with Crippen LogP contribution in [0.1, 0.15) is 24.6 Å². The molecule has 21 heavy (non-hydrogen) atoms. The zero-order valence-corrected chi connectivity index (χ0v) is 12.5. The second-order valence-corrected chi connectivity index (χ2v) is 5.92. The molecule has 0 saturated carbocycles. The number of thioether (sulfide) groups is 1. The highest BCUT2D eigenvalue weighted by molar-refractivity contribution is 7.98. The van der Waals surface area contributed by atoms with Crippen molar-refractivity contribution in [2.45, 2.75) is 24.9 Å². The van der Waals surface area contributed by atoms with E-state index in [4.69, 9.17) is 0 Å². The molecule has 1 aliphatic heterocycles. The molecule has 110 valence electrons. The lowest BCUT2D eigenvalue weighted by molar-refractivity contribution is 0.469. The van der Waals surface area contributed by atoms with Gasteiger partial charge in [-0.2, -0.15) is 11.8 Å². The highest BCUT2D eigenvalue weighted by Gasteiger charge is 2.20. The van der Waals surface area contributed by atoms with Crippen LogP contribution in [0.3, 0.4) is 0 Å². The molecule has 2 aromatic rings. The third-order valence-electron chi connectivity index (χ3n) is 3.26. The van der Waals surface area contributed by atoms with Crippen molar-refractivity contribution in [2.24, 2.45) is 0 Å². The maximum absolute atomic E-state index is 13.5. The predicted octanol–water partition coefficient (Wildman–Crippen LogP) is 3.56.